The number of anilines is 1. The third kappa shape index (κ3) is 7.40. The lowest BCUT2D eigenvalue weighted by Crippen LogP contribution is -2.47. The maximum atomic E-state index is 11.7. The predicted octanol–water partition coefficient (Wildman–Crippen LogP) is 3.17. The van der Waals surface area contributed by atoms with Crippen LogP contribution in [-0.2, 0) is 16.1 Å². The van der Waals surface area contributed by atoms with Crippen molar-refractivity contribution in [2.75, 3.05) is 31.5 Å². The summed E-state index contributed by atoms with van der Waals surface area (Å²) in [5.74, 6) is 0. The molecule has 0 spiro atoms. The highest BCUT2D eigenvalue weighted by Crippen LogP contribution is 2.21. The monoisotopic (exact) mass is 427 g/mol. The highest BCUT2D eigenvalue weighted by Gasteiger charge is 2.22. The smallest absolute Gasteiger partial charge is 0.410 e. The molecule has 0 bridgehead atoms. The van der Waals surface area contributed by atoms with E-state index >= 15 is 0 Å². The van der Waals surface area contributed by atoms with Crippen LogP contribution in [0.1, 0.15) is 43.4 Å². The van der Waals surface area contributed by atoms with Crippen LogP contribution in [0, 0.1) is 6.92 Å². The number of amides is 2. The number of carbonyl (C=O) groups is 2. The van der Waals surface area contributed by atoms with Gasteiger partial charge in [-0.3, -0.25) is 4.79 Å². The topological polar surface area (TPSA) is 88.5 Å². The van der Waals surface area contributed by atoms with Gasteiger partial charge in [-0.25, -0.2) is 9.78 Å². The number of carbonyl (C=O) groups excluding carboxylic acids is 2. The Bertz CT molecular complexity index is 826. The highest BCUT2D eigenvalue weighted by molar-refractivity contribution is 5.71. The zero-order chi connectivity index (χ0) is 21.9. The molecular formula is C23H33N5O3. The first-order valence-electron chi connectivity index (χ1n) is 11.1. The number of hydrogen-bond donors (Lipinski definition) is 2. The molecule has 2 N–H and O–H groups in total. The van der Waals surface area contributed by atoms with Gasteiger partial charge in [0.25, 0.3) is 0 Å². The molecule has 1 aromatic heterocycles. The molecule has 0 radical (unpaired) electrons. The summed E-state index contributed by atoms with van der Waals surface area (Å²) >= 11 is 0. The minimum atomic E-state index is -0.108. The number of hydrogen-bond acceptors (Lipinski definition) is 5. The summed E-state index contributed by atoms with van der Waals surface area (Å²) in [5.41, 5.74) is 3.06. The Kier molecular flexibility index (Phi) is 8.90. The molecule has 1 saturated carbocycles. The molecule has 2 heterocycles. The first kappa shape index (κ1) is 22.8. The second-order valence-electron chi connectivity index (χ2n) is 8.01. The van der Waals surface area contributed by atoms with Crippen molar-refractivity contribution in [3.63, 3.8) is 0 Å². The molecule has 1 saturated heterocycles. The minimum Gasteiger partial charge on any atom is -0.446 e. The van der Waals surface area contributed by atoms with Crippen LogP contribution in [0.5, 0.6) is 0 Å². The van der Waals surface area contributed by atoms with Crippen molar-refractivity contribution in [1.29, 1.82) is 0 Å². The van der Waals surface area contributed by atoms with Gasteiger partial charge >= 0.3 is 6.09 Å². The average Bonchev–Trinajstić information content (AvgIpc) is 3.20. The third-order valence-corrected chi connectivity index (χ3v) is 5.62. The average molecular weight is 428 g/mol. The van der Waals surface area contributed by atoms with Crippen LogP contribution < -0.4 is 10.6 Å². The van der Waals surface area contributed by atoms with Gasteiger partial charge in [0.05, 0.1) is 6.33 Å². The van der Waals surface area contributed by atoms with E-state index < -0.39 is 0 Å². The summed E-state index contributed by atoms with van der Waals surface area (Å²) in [4.78, 5) is 28.0. The summed E-state index contributed by atoms with van der Waals surface area (Å²) < 4.78 is 7.55. The van der Waals surface area contributed by atoms with Crippen molar-refractivity contribution >= 4 is 18.2 Å². The number of nitrogens with zero attached hydrogens (tertiary/aromatic N) is 3. The SMILES string of the molecule is Cc1cncn1Cc1cccc(NC=O)c1.O=C(OC1CCCCC1)N1CCNCC1. The Morgan fingerprint density at radius 1 is 1.26 bits per heavy atom. The van der Waals surface area contributed by atoms with Gasteiger partial charge in [0, 0.05) is 50.3 Å². The number of nitrogens with one attached hydrogen (secondary N) is 2. The van der Waals surface area contributed by atoms with Crippen molar-refractivity contribution in [1.82, 2.24) is 19.8 Å². The van der Waals surface area contributed by atoms with Crippen molar-refractivity contribution in [2.45, 2.75) is 51.7 Å². The zero-order valence-electron chi connectivity index (χ0n) is 18.3. The van der Waals surface area contributed by atoms with Gasteiger partial charge in [-0.05, 0) is 50.3 Å². The Hall–Kier alpha value is -2.87. The number of imidazole rings is 1. The van der Waals surface area contributed by atoms with E-state index in [1.54, 1.807) is 6.33 Å². The van der Waals surface area contributed by atoms with E-state index in [0.29, 0.717) is 6.41 Å². The first-order valence-corrected chi connectivity index (χ1v) is 11.1. The van der Waals surface area contributed by atoms with Gasteiger partial charge < -0.3 is 24.8 Å². The molecule has 1 aromatic carbocycles. The fraction of sp³-hybridized carbons (Fsp3) is 0.522. The number of benzene rings is 1. The van der Waals surface area contributed by atoms with Gasteiger partial charge in [-0.1, -0.05) is 18.6 Å². The fourth-order valence-electron chi connectivity index (χ4n) is 3.82. The third-order valence-electron chi connectivity index (χ3n) is 5.62. The molecule has 168 valence electrons. The lowest BCUT2D eigenvalue weighted by atomic mass is 9.98. The molecule has 0 unspecified atom stereocenters. The Morgan fingerprint density at radius 3 is 2.71 bits per heavy atom. The van der Waals surface area contributed by atoms with E-state index in [1.165, 1.54) is 19.3 Å². The van der Waals surface area contributed by atoms with Crippen molar-refractivity contribution < 1.29 is 14.3 Å². The minimum absolute atomic E-state index is 0.108. The standard InChI is InChI=1S/C12H13N3O.C11H20N2O2/c1-10-6-13-8-15(10)7-11-3-2-4-12(5-11)14-9-16;14-11(13-8-6-12-7-9-13)15-10-4-2-1-3-5-10/h2-6,8-9H,7H2,1H3,(H,14,16);10,12H,1-9H2. The van der Waals surface area contributed by atoms with E-state index in [9.17, 15) is 9.59 Å². The van der Waals surface area contributed by atoms with Gasteiger partial charge in [0.15, 0.2) is 0 Å². The molecule has 2 amide bonds. The summed E-state index contributed by atoms with van der Waals surface area (Å²) in [7, 11) is 0. The molecule has 0 atom stereocenters. The lowest BCUT2D eigenvalue weighted by molar-refractivity contribution is -0.105. The molecule has 2 aliphatic rings. The molecule has 8 nitrogen and oxygen atoms in total. The van der Waals surface area contributed by atoms with Crippen molar-refractivity contribution in [3.8, 4) is 0 Å². The maximum absolute atomic E-state index is 11.7. The van der Waals surface area contributed by atoms with Crippen LogP contribution >= 0.6 is 0 Å². The largest absolute Gasteiger partial charge is 0.446 e. The number of ether oxygens (including phenoxy) is 1. The molecular weight excluding hydrogens is 394 g/mol. The lowest BCUT2D eigenvalue weighted by Gasteiger charge is -2.29. The van der Waals surface area contributed by atoms with Crippen LogP contribution in [0.15, 0.2) is 36.8 Å². The van der Waals surface area contributed by atoms with Crippen LogP contribution in [0.25, 0.3) is 0 Å². The molecule has 31 heavy (non-hydrogen) atoms. The Morgan fingerprint density at radius 2 is 2.03 bits per heavy atom. The summed E-state index contributed by atoms with van der Waals surface area (Å²) in [6, 6.07) is 7.76. The molecule has 4 rings (SSSR count). The zero-order valence-corrected chi connectivity index (χ0v) is 18.3. The second-order valence-corrected chi connectivity index (χ2v) is 8.01. The molecule has 8 heteroatoms. The van der Waals surface area contributed by atoms with E-state index in [4.69, 9.17) is 4.74 Å². The van der Waals surface area contributed by atoms with Gasteiger partial charge in [0.1, 0.15) is 6.10 Å². The Balaban J connectivity index is 0.000000176. The highest BCUT2D eigenvalue weighted by atomic mass is 16.6. The normalized spacial score (nSPS) is 16.7. The Labute approximate surface area is 184 Å². The van der Waals surface area contributed by atoms with Crippen LogP contribution in [0.3, 0.4) is 0 Å². The second kappa shape index (κ2) is 12.1. The molecule has 2 aromatic rings. The van der Waals surface area contributed by atoms with Crippen LogP contribution in [-0.4, -0.2) is 59.2 Å². The summed E-state index contributed by atoms with van der Waals surface area (Å²) in [6.45, 7) is 6.12. The van der Waals surface area contributed by atoms with Crippen LogP contribution in [0.2, 0.25) is 0 Å². The van der Waals surface area contributed by atoms with E-state index in [1.807, 2.05) is 42.3 Å². The van der Waals surface area contributed by atoms with E-state index in [2.05, 4.69) is 20.2 Å². The predicted molar refractivity (Wildman–Crippen MR) is 120 cm³/mol. The molecule has 2 fully saturated rings. The number of aryl methyl sites for hydroxylation is 1. The van der Waals surface area contributed by atoms with E-state index in [0.717, 1.165) is 62.5 Å². The number of piperazine rings is 1. The number of aromatic nitrogens is 2. The van der Waals surface area contributed by atoms with Gasteiger partial charge in [0.2, 0.25) is 6.41 Å². The molecule has 1 aliphatic carbocycles. The fourth-order valence-corrected chi connectivity index (χ4v) is 3.82. The van der Waals surface area contributed by atoms with Crippen molar-refractivity contribution in [2.24, 2.45) is 0 Å². The van der Waals surface area contributed by atoms with Gasteiger partial charge in [-0.2, -0.15) is 0 Å². The summed E-state index contributed by atoms with van der Waals surface area (Å²) in [6.07, 6.45) is 10.2. The maximum Gasteiger partial charge on any atom is 0.410 e. The van der Waals surface area contributed by atoms with E-state index in [-0.39, 0.29) is 12.2 Å². The quantitative estimate of drug-likeness (QED) is 0.716. The van der Waals surface area contributed by atoms with Crippen LogP contribution in [0.4, 0.5) is 10.5 Å². The van der Waals surface area contributed by atoms with Gasteiger partial charge in [-0.15, -0.1) is 0 Å². The molecule has 1 aliphatic heterocycles. The van der Waals surface area contributed by atoms with Crippen molar-refractivity contribution in [3.05, 3.63) is 48.0 Å². The summed E-state index contributed by atoms with van der Waals surface area (Å²) in [5, 5.41) is 5.86. The first-order chi connectivity index (χ1) is 15.2. The number of rotatable bonds is 5.